The second-order valence-electron chi connectivity index (χ2n) is 6.54. The lowest BCUT2D eigenvalue weighted by atomic mass is 9.72. The maximum Gasteiger partial charge on any atom is 0.340 e. The Hall–Kier alpha value is -3.17. The Labute approximate surface area is 159 Å². The summed E-state index contributed by atoms with van der Waals surface area (Å²) in [6.07, 6.45) is 1.62. The molecule has 3 heteroatoms. The number of esters is 1. The summed E-state index contributed by atoms with van der Waals surface area (Å²) in [6, 6.07) is 27.0. The van der Waals surface area contributed by atoms with Crippen LogP contribution in [0.4, 0.5) is 0 Å². The van der Waals surface area contributed by atoms with Crippen molar-refractivity contribution in [1.29, 1.82) is 0 Å². The highest BCUT2D eigenvalue weighted by Gasteiger charge is 2.51. The molecule has 0 heterocycles. The van der Waals surface area contributed by atoms with Crippen LogP contribution >= 0.6 is 0 Å². The van der Waals surface area contributed by atoms with Gasteiger partial charge < -0.3 is 9.84 Å². The van der Waals surface area contributed by atoms with Crippen LogP contribution in [-0.2, 0) is 15.9 Å². The number of carbonyl (C=O) groups excluding carboxylic acids is 1. The molecule has 0 aliphatic rings. The molecule has 1 N–H and O–H groups in total. The summed E-state index contributed by atoms with van der Waals surface area (Å²) >= 11 is 0. The normalized spacial score (nSPS) is 15.2. The van der Waals surface area contributed by atoms with Crippen molar-refractivity contribution in [2.45, 2.75) is 18.1 Å². The van der Waals surface area contributed by atoms with Gasteiger partial charge in [0, 0.05) is 5.56 Å². The van der Waals surface area contributed by atoms with Crippen molar-refractivity contribution in [3.05, 3.63) is 120 Å². The molecule has 0 saturated carbocycles. The van der Waals surface area contributed by atoms with Crippen molar-refractivity contribution < 1.29 is 14.6 Å². The van der Waals surface area contributed by atoms with Crippen LogP contribution in [0.3, 0.4) is 0 Å². The van der Waals surface area contributed by atoms with E-state index in [1.165, 1.54) is 0 Å². The molecule has 136 valence electrons. The van der Waals surface area contributed by atoms with E-state index in [-0.39, 0.29) is 0 Å². The van der Waals surface area contributed by atoms with Crippen molar-refractivity contribution in [2.24, 2.45) is 0 Å². The maximum atomic E-state index is 12.8. The molecule has 0 bridgehead atoms. The van der Waals surface area contributed by atoms with Crippen LogP contribution in [0.25, 0.3) is 0 Å². The van der Waals surface area contributed by atoms with Gasteiger partial charge in [-0.1, -0.05) is 84.9 Å². The highest BCUT2D eigenvalue weighted by atomic mass is 16.7. The van der Waals surface area contributed by atoms with Crippen molar-refractivity contribution in [2.75, 3.05) is 0 Å². The molecule has 0 fully saturated rings. The first-order valence-corrected chi connectivity index (χ1v) is 8.76. The number of carbonyl (C=O) groups is 1. The zero-order valence-corrected chi connectivity index (χ0v) is 15.2. The topological polar surface area (TPSA) is 46.5 Å². The summed E-state index contributed by atoms with van der Waals surface area (Å²) in [7, 11) is 0. The molecule has 0 aromatic heterocycles. The monoisotopic (exact) mass is 358 g/mol. The zero-order valence-electron chi connectivity index (χ0n) is 15.2. The molecular formula is C24H22O3. The minimum atomic E-state index is -1.94. The average Bonchev–Trinajstić information content (AvgIpc) is 2.74. The van der Waals surface area contributed by atoms with Gasteiger partial charge in [-0.3, -0.25) is 0 Å². The van der Waals surface area contributed by atoms with Gasteiger partial charge in [0.25, 0.3) is 5.79 Å². The van der Waals surface area contributed by atoms with Gasteiger partial charge in [0.2, 0.25) is 0 Å². The molecule has 3 aromatic carbocycles. The molecule has 0 amide bonds. The molecule has 0 spiro atoms. The Morgan fingerprint density at radius 1 is 0.852 bits per heavy atom. The fourth-order valence-electron chi connectivity index (χ4n) is 3.13. The van der Waals surface area contributed by atoms with E-state index in [0.29, 0.717) is 11.1 Å². The predicted molar refractivity (Wildman–Crippen MR) is 106 cm³/mol. The summed E-state index contributed by atoms with van der Waals surface area (Å²) < 4.78 is 5.77. The summed E-state index contributed by atoms with van der Waals surface area (Å²) in [5, 5.41) is 11.8. The SMILES string of the molecule is C=CC(C)(c1ccccc1)[C@@](O)(OC(=O)c1ccccc1)c1ccccc1. The van der Waals surface area contributed by atoms with Crippen molar-refractivity contribution in [3.63, 3.8) is 0 Å². The van der Waals surface area contributed by atoms with E-state index in [0.717, 1.165) is 5.56 Å². The number of hydrogen-bond acceptors (Lipinski definition) is 3. The van der Waals surface area contributed by atoms with Crippen LogP contribution < -0.4 is 0 Å². The highest BCUT2D eigenvalue weighted by molar-refractivity contribution is 5.89. The standard InChI is InChI=1S/C24H22O3/c1-3-23(2,20-15-9-5-10-16-20)24(26,21-17-11-6-12-18-21)27-22(25)19-13-7-4-8-14-19/h3-18,26H,1H2,2H3/t23?,24-/m0/s1. The van der Waals surface area contributed by atoms with Crippen molar-refractivity contribution >= 4 is 5.97 Å². The number of benzene rings is 3. The van der Waals surface area contributed by atoms with E-state index in [2.05, 4.69) is 6.58 Å². The van der Waals surface area contributed by atoms with Crippen LogP contribution in [0, 0.1) is 0 Å². The van der Waals surface area contributed by atoms with Crippen LogP contribution in [0.15, 0.2) is 104 Å². The molecule has 0 aliphatic carbocycles. The maximum absolute atomic E-state index is 12.8. The second-order valence-corrected chi connectivity index (χ2v) is 6.54. The summed E-state index contributed by atoms with van der Waals surface area (Å²) in [5.74, 6) is -2.55. The van der Waals surface area contributed by atoms with Gasteiger partial charge in [-0.05, 0) is 24.6 Å². The van der Waals surface area contributed by atoms with Gasteiger partial charge in [0.1, 0.15) is 0 Å². The number of ether oxygens (including phenoxy) is 1. The van der Waals surface area contributed by atoms with Crippen molar-refractivity contribution in [3.8, 4) is 0 Å². The van der Waals surface area contributed by atoms with Crippen LogP contribution in [0.5, 0.6) is 0 Å². The molecule has 3 nitrogen and oxygen atoms in total. The predicted octanol–water partition coefficient (Wildman–Crippen LogP) is 4.83. The fourth-order valence-corrected chi connectivity index (χ4v) is 3.13. The average molecular weight is 358 g/mol. The second kappa shape index (κ2) is 7.60. The van der Waals surface area contributed by atoms with Gasteiger partial charge in [-0.2, -0.15) is 0 Å². The molecule has 0 aliphatic heterocycles. The van der Waals surface area contributed by atoms with E-state index in [1.807, 2.05) is 42.5 Å². The molecule has 27 heavy (non-hydrogen) atoms. The molecule has 3 aromatic rings. The summed E-state index contributed by atoms with van der Waals surface area (Å²) in [5.41, 5.74) is 0.555. The summed E-state index contributed by atoms with van der Waals surface area (Å²) in [4.78, 5) is 12.8. The lowest BCUT2D eigenvalue weighted by Gasteiger charge is -2.42. The van der Waals surface area contributed by atoms with E-state index in [9.17, 15) is 9.90 Å². The molecule has 3 rings (SSSR count). The lowest BCUT2D eigenvalue weighted by molar-refractivity contribution is -0.208. The van der Waals surface area contributed by atoms with E-state index in [4.69, 9.17) is 4.74 Å². The molecule has 2 atom stereocenters. The highest BCUT2D eigenvalue weighted by Crippen LogP contribution is 2.44. The van der Waals surface area contributed by atoms with Gasteiger partial charge in [-0.15, -0.1) is 6.58 Å². The van der Waals surface area contributed by atoms with E-state index in [1.54, 1.807) is 61.5 Å². The third-order valence-electron chi connectivity index (χ3n) is 4.90. The first-order chi connectivity index (χ1) is 13.0. The molecule has 0 saturated heterocycles. The Balaban J connectivity index is 2.13. The van der Waals surface area contributed by atoms with E-state index < -0.39 is 17.2 Å². The van der Waals surface area contributed by atoms with Crippen LogP contribution in [0.2, 0.25) is 0 Å². The van der Waals surface area contributed by atoms with Gasteiger partial charge in [0.15, 0.2) is 0 Å². The summed E-state index contributed by atoms with van der Waals surface area (Å²) in [6.45, 7) is 5.74. The van der Waals surface area contributed by atoms with Gasteiger partial charge >= 0.3 is 5.97 Å². The van der Waals surface area contributed by atoms with Gasteiger partial charge in [0.05, 0.1) is 11.0 Å². The third kappa shape index (κ3) is 3.42. The third-order valence-corrected chi connectivity index (χ3v) is 4.90. The lowest BCUT2D eigenvalue weighted by Crippen LogP contribution is -2.49. The Bertz CT molecular complexity index is 906. The first kappa shape index (κ1) is 18.6. The van der Waals surface area contributed by atoms with Crippen LogP contribution in [0.1, 0.15) is 28.4 Å². The Morgan fingerprint density at radius 3 is 1.78 bits per heavy atom. The number of rotatable bonds is 6. The quantitative estimate of drug-likeness (QED) is 0.390. The zero-order chi connectivity index (χ0) is 19.3. The van der Waals surface area contributed by atoms with Crippen LogP contribution in [-0.4, -0.2) is 11.1 Å². The number of aliphatic hydroxyl groups is 1. The smallest absolute Gasteiger partial charge is 0.340 e. The van der Waals surface area contributed by atoms with Crippen molar-refractivity contribution in [1.82, 2.24) is 0 Å². The van der Waals surface area contributed by atoms with E-state index >= 15 is 0 Å². The minimum Gasteiger partial charge on any atom is -0.424 e. The fraction of sp³-hybridized carbons (Fsp3) is 0.125. The Morgan fingerprint density at radius 2 is 1.30 bits per heavy atom. The number of hydrogen-bond donors (Lipinski definition) is 1. The Kier molecular flexibility index (Phi) is 5.24. The van der Waals surface area contributed by atoms with Gasteiger partial charge in [-0.25, -0.2) is 4.79 Å². The molecule has 1 unspecified atom stereocenters. The largest absolute Gasteiger partial charge is 0.424 e. The minimum absolute atomic E-state index is 0.367. The molecule has 0 radical (unpaired) electrons. The first-order valence-electron chi connectivity index (χ1n) is 8.76. The molecular weight excluding hydrogens is 336 g/mol.